The number of hydrogen-bond acceptors (Lipinski definition) is 4. The van der Waals surface area contributed by atoms with Crippen LogP contribution in [0.5, 0.6) is 0 Å². The van der Waals surface area contributed by atoms with Crippen molar-refractivity contribution in [1.82, 2.24) is 10.2 Å². The van der Waals surface area contributed by atoms with Crippen LogP contribution in [0.15, 0.2) is 28.5 Å². The fraction of sp³-hybridized carbons (Fsp3) is 0.222. The van der Waals surface area contributed by atoms with Crippen molar-refractivity contribution in [1.29, 1.82) is 5.26 Å². The predicted molar refractivity (Wildman–Crippen MR) is 51.9 cm³/mol. The Labute approximate surface area is 85.8 Å². The summed E-state index contributed by atoms with van der Waals surface area (Å²) in [6.07, 6.45) is 2.06. The van der Waals surface area contributed by atoms with Crippen LogP contribution in [0.3, 0.4) is 0 Å². The van der Waals surface area contributed by atoms with Gasteiger partial charge >= 0.3 is 6.09 Å². The second-order valence-electron chi connectivity index (χ2n) is 3.07. The van der Waals surface area contributed by atoms with Crippen LogP contribution in [0.4, 0.5) is 4.79 Å². The number of hydrogen-bond donors (Lipinski definition) is 2. The molecule has 15 heavy (non-hydrogen) atoms. The molecule has 0 aromatic carbocycles. The Bertz CT molecular complexity index is 442. The lowest BCUT2D eigenvalue weighted by molar-refractivity contribution is 0.165. The Kier molecular flexibility index (Phi) is 2.14. The lowest BCUT2D eigenvalue weighted by Gasteiger charge is -2.25. The van der Waals surface area contributed by atoms with Crippen molar-refractivity contribution in [3.8, 4) is 6.07 Å². The molecule has 1 amide bonds. The molecule has 0 unspecified atom stereocenters. The van der Waals surface area contributed by atoms with Crippen molar-refractivity contribution < 1.29 is 9.90 Å². The molecule has 6 nitrogen and oxygen atoms in total. The van der Waals surface area contributed by atoms with E-state index in [1.54, 1.807) is 6.08 Å². The molecule has 0 atom stereocenters. The molecular weight excluding hydrogens is 196 g/mol. The molecule has 0 saturated carbocycles. The van der Waals surface area contributed by atoms with Gasteiger partial charge in [0, 0.05) is 17.5 Å². The quantitative estimate of drug-likeness (QED) is 0.592. The third-order valence-electron chi connectivity index (χ3n) is 2.22. The summed E-state index contributed by atoms with van der Waals surface area (Å²) in [4.78, 5) is 15.8. The van der Waals surface area contributed by atoms with Gasteiger partial charge in [0.25, 0.3) is 0 Å². The molecule has 0 radical (unpaired) electrons. The average molecular weight is 204 g/mol. The number of amides is 1. The highest BCUT2D eigenvalue weighted by Crippen LogP contribution is 2.17. The number of aliphatic imine (C=N–C) groups is 1. The molecule has 2 rings (SSSR count). The summed E-state index contributed by atoms with van der Waals surface area (Å²) in [6.45, 7) is 0.527. The number of rotatable bonds is 0. The number of carboxylic acid groups (broad SMARTS) is 1. The molecule has 2 aliphatic rings. The molecule has 0 aromatic heterocycles. The normalized spacial score (nSPS) is 18.9. The average Bonchev–Trinajstić information content (AvgIpc) is 2.27. The lowest BCUT2D eigenvalue weighted by atomic mass is 10.0. The first-order valence-electron chi connectivity index (χ1n) is 4.32. The number of carbonyl (C=O) groups is 1. The monoisotopic (exact) mass is 204 g/mol. The van der Waals surface area contributed by atoms with Crippen molar-refractivity contribution in [3.05, 3.63) is 23.5 Å². The van der Waals surface area contributed by atoms with Crippen LogP contribution in [0.25, 0.3) is 0 Å². The molecular formula is C9H8N4O2. The van der Waals surface area contributed by atoms with E-state index in [0.29, 0.717) is 18.0 Å². The molecule has 76 valence electrons. The summed E-state index contributed by atoms with van der Waals surface area (Å²) >= 11 is 0. The summed E-state index contributed by atoms with van der Waals surface area (Å²) in [5, 5.41) is 20.6. The number of nitrogens with one attached hydrogen (secondary N) is 1. The van der Waals surface area contributed by atoms with E-state index in [0.717, 1.165) is 10.6 Å². The highest BCUT2D eigenvalue weighted by atomic mass is 16.4. The maximum absolute atomic E-state index is 10.7. The highest BCUT2D eigenvalue weighted by Gasteiger charge is 2.23. The van der Waals surface area contributed by atoms with Gasteiger partial charge in [-0.05, 0) is 6.08 Å². The number of nitrogens with zero attached hydrogens (tertiary/aromatic N) is 3. The zero-order valence-electron chi connectivity index (χ0n) is 7.77. The van der Waals surface area contributed by atoms with Crippen LogP contribution in [0.1, 0.15) is 0 Å². The van der Waals surface area contributed by atoms with Crippen LogP contribution < -0.4 is 5.32 Å². The Morgan fingerprint density at radius 2 is 2.53 bits per heavy atom. The number of nitriles is 1. The fourth-order valence-electron chi connectivity index (χ4n) is 1.47. The third kappa shape index (κ3) is 1.55. The first kappa shape index (κ1) is 9.27. The predicted octanol–water partition coefficient (Wildman–Crippen LogP) is 0.273. The Balaban J connectivity index is 2.32. The minimum absolute atomic E-state index is 0.167. The first-order valence-corrected chi connectivity index (χ1v) is 4.32. The van der Waals surface area contributed by atoms with Gasteiger partial charge in [-0.2, -0.15) is 5.26 Å². The third-order valence-corrected chi connectivity index (χ3v) is 2.22. The Hall–Kier alpha value is -2.29. The fourth-order valence-corrected chi connectivity index (χ4v) is 1.47. The topological polar surface area (TPSA) is 88.7 Å². The first-order chi connectivity index (χ1) is 7.22. The van der Waals surface area contributed by atoms with Gasteiger partial charge < -0.3 is 10.4 Å². The number of allylic oxidation sites excluding steroid dienone is 1. The van der Waals surface area contributed by atoms with Crippen molar-refractivity contribution in [2.45, 2.75) is 0 Å². The van der Waals surface area contributed by atoms with Gasteiger partial charge in [0.2, 0.25) is 0 Å². The van der Waals surface area contributed by atoms with Crippen molar-refractivity contribution in [2.75, 3.05) is 13.2 Å². The van der Waals surface area contributed by atoms with E-state index < -0.39 is 6.09 Å². The summed E-state index contributed by atoms with van der Waals surface area (Å²) in [6, 6.07) is 1.96. The highest BCUT2D eigenvalue weighted by molar-refractivity contribution is 6.13. The molecule has 0 saturated heterocycles. The molecule has 0 aromatic rings. The minimum Gasteiger partial charge on any atom is -0.465 e. The van der Waals surface area contributed by atoms with Crippen LogP contribution >= 0.6 is 0 Å². The molecule has 6 heteroatoms. The molecule has 0 spiro atoms. The zero-order chi connectivity index (χ0) is 10.8. The minimum atomic E-state index is -1.04. The molecule has 2 heterocycles. The van der Waals surface area contributed by atoms with Gasteiger partial charge in [-0.15, -0.1) is 0 Å². The van der Waals surface area contributed by atoms with Gasteiger partial charge in [0.05, 0.1) is 6.54 Å². The van der Waals surface area contributed by atoms with Crippen molar-refractivity contribution >= 4 is 11.8 Å². The van der Waals surface area contributed by atoms with Crippen molar-refractivity contribution in [3.63, 3.8) is 0 Å². The van der Waals surface area contributed by atoms with E-state index in [9.17, 15) is 4.79 Å². The maximum atomic E-state index is 10.7. The van der Waals surface area contributed by atoms with Crippen LogP contribution in [-0.4, -0.2) is 35.0 Å². The van der Waals surface area contributed by atoms with Gasteiger partial charge in [-0.1, -0.05) is 0 Å². The summed E-state index contributed by atoms with van der Waals surface area (Å²) < 4.78 is 0. The second-order valence-corrected chi connectivity index (χ2v) is 3.07. The summed E-state index contributed by atoms with van der Waals surface area (Å²) in [5.74, 6) is 0. The van der Waals surface area contributed by atoms with E-state index in [4.69, 9.17) is 10.4 Å². The van der Waals surface area contributed by atoms with Crippen molar-refractivity contribution in [2.24, 2.45) is 4.99 Å². The molecule has 0 fully saturated rings. The molecule has 2 N–H and O–H groups in total. The molecule has 2 aliphatic heterocycles. The van der Waals surface area contributed by atoms with E-state index in [1.807, 2.05) is 6.07 Å². The largest absolute Gasteiger partial charge is 0.465 e. The van der Waals surface area contributed by atoms with E-state index in [2.05, 4.69) is 10.3 Å². The standard InChI is InChI=1S/C9H8N4O2/c10-3-8-6-4-13(9(14)15)2-1-7(6)11-5-12-8/h1-2,11H,4-5H2,(H,14,15). The summed E-state index contributed by atoms with van der Waals surface area (Å²) in [7, 11) is 0. The van der Waals surface area contributed by atoms with E-state index in [1.165, 1.54) is 6.20 Å². The van der Waals surface area contributed by atoms with E-state index in [-0.39, 0.29) is 6.54 Å². The van der Waals surface area contributed by atoms with Gasteiger partial charge in [-0.25, -0.2) is 4.79 Å². The van der Waals surface area contributed by atoms with Gasteiger partial charge in [0.1, 0.15) is 18.4 Å². The van der Waals surface area contributed by atoms with Gasteiger partial charge in [-0.3, -0.25) is 9.89 Å². The second kappa shape index (κ2) is 3.46. The van der Waals surface area contributed by atoms with Crippen LogP contribution in [-0.2, 0) is 0 Å². The maximum Gasteiger partial charge on any atom is 0.411 e. The van der Waals surface area contributed by atoms with Gasteiger partial charge in [0.15, 0.2) is 0 Å². The zero-order valence-corrected chi connectivity index (χ0v) is 7.77. The SMILES string of the molecule is N#CC1=NCNC2=C1CN(C(=O)O)C=C2. The Morgan fingerprint density at radius 1 is 1.73 bits per heavy atom. The lowest BCUT2D eigenvalue weighted by Crippen LogP contribution is -2.35. The van der Waals surface area contributed by atoms with Crippen LogP contribution in [0.2, 0.25) is 0 Å². The molecule has 0 bridgehead atoms. The molecule has 0 aliphatic carbocycles. The smallest absolute Gasteiger partial charge is 0.411 e. The summed E-state index contributed by atoms with van der Waals surface area (Å²) in [5.41, 5.74) is 1.71. The van der Waals surface area contributed by atoms with E-state index >= 15 is 0 Å². The Morgan fingerprint density at radius 3 is 3.20 bits per heavy atom. The van der Waals surface area contributed by atoms with Crippen LogP contribution in [0, 0.1) is 11.3 Å².